The van der Waals surface area contributed by atoms with Gasteiger partial charge in [0.2, 0.25) is 0 Å². The SMILES string of the molecule is Cc1nc(NC(C)C(=O)O)cc(N2CCCC2)n1. The fraction of sp³-hybridized carbons (Fsp3) is 0.583. The van der Waals surface area contributed by atoms with E-state index in [9.17, 15) is 4.79 Å². The third-order valence-electron chi connectivity index (χ3n) is 2.99. The normalized spacial score (nSPS) is 16.7. The Kier molecular flexibility index (Phi) is 3.64. The van der Waals surface area contributed by atoms with Gasteiger partial charge in [0, 0.05) is 19.2 Å². The highest BCUT2D eigenvalue weighted by Crippen LogP contribution is 2.20. The summed E-state index contributed by atoms with van der Waals surface area (Å²) in [5, 5.41) is 11.7. The average Bonchev–Trinajstić information content (AvgIpc) is 2.81. The van der Waals surface area contributed by atoms with Crippen LogP contribution in [0.15, 0.2) is 6.07 Å². The highest BCUT2D eigenvalue weighted by molar-refractivity contribution is 5.76. The molecule has 0 amide bonds. The summed E-state index contributed by atoms with van der Waals surface area (Å²) in [7, 11) is 0. The van der Waals surface area contributed by atoms with Gasteiger partial charge >= 0.3 is 5.97 Å². The van der Waals surface area contributed by atoms with Crippen molar-refractivity contribution in [2.24, 2.45) is 0 Å². The van der Waals surface area contributed by atoms with Crippen molar-refractivity contribution in [2.45, 2.75) is 32.7 Å². The lowest BCUT2D eigenvalue weighted by Crippen LogP contribution is -2.26. The second kappa shape index (κ2) is 5.20. The molecule has 0 saturated carbocycles. The van der Waals surface area contributed by atoms with Crippen LogP contribution in [-0.4, -0.2) is 40.2 Å². The van der Waals surface area contributed by atoms with E-state index in [4.69, 9.17) is 5.11 Å². The average molecular weight is 250 g/mol. The standard InChI is InChI=1S/C12H18N4O2/c1-8(12(17)18)13-10-7-11(15-9(2)14-10)16-5-3-4-6-16/h7-8H,3-6H2,1-2H3,(H,17,18)(H,13,14,15). The predicted octanol–water partition coefficient (Wildman–Crippen LogP) is 1.27. The Hall–Kier alpha value is -1.85. The van der Waals surface area contributed by atoms with Crippen LogP contribution in [0.25, 0.3) is 0 Å². The molecule has 2 N–H and O–H groups in total. The molecule has 1 atom stereocenters. The summed E-state index contributed by atoms with van der Waals surface area (Å²) < 4.78 is 0. The molecule has 1 aliphatic heterocycles. The second-order valence-electron chi connectivity index (χ2n) is 4.56. The van der Waals surface area contributed by atoms with Gasteiger partial charge < -0.3 is 15.3 Å². The zero-order valence-corrected chi connectivity index (χ0v) is 10.7. The fourth-order valence-electron chi connectivity index (χ4n) is 2.02. The van der Waals surface area contributed by atoms with E-state index in [0.717, 1.165) is 18.9 Å². The number of aryl methyl sites for hydroxylation is 1. The minimum Gasteiger partial charge on any atom is -0.480 e. The van der Waals surface area contributed by atoms with Gasteiger partial charge in [0.1, 0.15) is 23.5 Å². The summed E-state index contributed by atoms with van der Waals surface area (Å²) in [6.07, 6.45) is 2.36. The Morgan fingerprint density at radius 1 is 1.44 bits per heavy atom. The first-order valence-corrected chi connectivity index (χ1v) is 6.16. The molecule has 18 heavy (non-hydrogen) atoms. The topological polar surface area (TPSA) is 78.3 Å². The van der Waals surface area contributed by atoms with Gasteiger partial charge in [-0.15, -0.1) is 0 Å². The van der Waals surface area contributed by atoms with Gasteiger partial charge in [-0.05, 0) is 26.7 Å². The first-order valence-electron chi connectivity index (χ1n) is 6.16. The van der Waals surface area contributed by atoms with Gasteiger partial charge in [-0.2, -0.15) is 0 Å². The zero-order valence-electron chi connectivity index (χ0n) is 10.7. The van der Waals surface area contributed by atoms with Crippen LogP contribution in [-0.2, 0) is 4.79 Å². The predicted molar refractivity (Wildman–Crippen MR) is 68.9 cm³/mol. The summed E-state index contributed by atoms with van der Waals surface area (Å²) in [6.45, 7) is 5.42. The highest BCUT2D eigenvalue weighted by Gasteiger charge is 2.16. The number of anilines is 2. The maximum Gasteiger partial charge on any atom is 0.325 e. The molecule has 98 valence electrons. The second-order valence-corrected chi connectivity index (χ2v) is 4.56. The molecular formula is C12H18N4O2. The molecule has 1 unspecified atom stereocenters. The molecule has 0 radical (unpaired) electrons. The van der Waals surface area contributed by atoms with E-state index in [0.29, 0.717) is 11.6 Å². The molecule has 0 aliphatic carbocycles. The molecular weight excluding hydrogens is 232 g/mol. The fourth-order valence-corrected chi connectivity index (χ4v) is 2.02. The molecule has 1 fully saturated rings. The van der Waals surface area contributed by atoms with Gasteiger partial charge in [-0.25, -0.2) is 9.97 Å². The van der Waals surface area contributed by atoms with Crippen LogP contribution in [0.5, 0.6) is 0 Å². The molecule has 1 saturated heterocycles. The summed E-state index contributed by atoms with van der Waals surface area (Å²) in [5.74, 6) is 1.20. The number of carboxylic acid groups (broad SMARTS) is 1. The number of carboxylic acids is 1. The molecule has 1 aromatic heterocycles. The van der Waals surface area contributed by atoms with Crippen molar-refractivity contribution in [3.05, 3.63) is 11.9 Å². The maximum absolute atomic E-state index is 10.8. The number of aromatic nitrogens is 2. The van der Waals surface area contributed by atoms with E-state index in [1.165, 1.54) is 12.8 Å². The van der Waals surface area contributed by atoms with Gasteiger partial charge in [0.25, 0.3) is 0 Å². The minimum absolute atomic E-state index is 0.569. The number of nitrogens with zero attached hydrogens (tertiary/aromatic N) is 3. The van der Waals surface area contributed by atoms with Crippen LogP contribution in [0, 0.1) is 6.92 Å². The Bertz CT molecular complexity index is 444. The van der Waals surface area contributed by atoms with Crippen molar-refractivity contribution in [2.75, 3.05) is 23.3 Å². The third-order valence-corrected chi connectivity index (χ3v) is 2.99. The Morgan fingerprint density at radius 3 is 2.72 bits per heavy atom. The molecule has 0 bridgehead atoms. The number of hydrogen-bond donors (Lipinski definition) is 2. The number of carbonyl (C=O) groups is 1. The lowest BCUT2D eigenvalue weighted by atomic mass is 10.3. The lowest BCUT2D eigenvalue weighted by molar-refractivity contribution is -0.137. The van der Waals surface area contributed by atoms with E-state index < -0.39 is 12.0 Å². The smallest absolute Gasteiger partial charge is 0.325 e. The summed E-state index contributed by atoms with van der Waals surface area (Å²) in [4.78, 5) is 21.6. The van der Waals surface area contributed by atoms with Gasteiger partial charge in [-0.1, -0.05) is 0 Å². The highest BCUT2D eigenvalue weighted by atomic mass is 16.4. The summed E-state index contributed by atoms with van der Waals surface area (Å²) in [6, 6.07) is 1.16. The first-order chi connectivity index (χ1) is 8.56. The van der Waals surface area contributed by atoms with E-state index in [-0.39, 0.29) is 0 Å². The monoisotopic (exact) mass is 250 g/mol. The Balaban J connectivity index is 2.18. The van der Waals surface area contributed by atoms with Crippen molar-refractivity contribution in [3.8, 4) is 0 Å². The molecule has 6 nitrogen and oxygen atoms in total. The quantitative estimate of drug-likeness (QED) is 0.838. The third kappa shape index (κ3) is 2.88. The number of hydrogen-bond acceptors (Lipinski definition) is 5. The van der Waals surface area contributed by atoms with Crippen LogP contribution >= 0.6 is 0 Å². The van der Waals surface area contributed by atoms with Crippen molar-refractivity contribution >= 4 is 17.6 Å². The van der Waals surface area contributed by atoms with Crippen LogP contribution in [0.2, 0.25) is 0 Å². The van der Waals surface area contributed by atoms with Gasteiger partial charge in [0.15, 0.2) is 0 Å². The molecule has 1 aliphatic rings. The summed E-state index contributed by atoms with van der Waals surface area (Å²) in [5.41, 5.74) is 0. The zero-order chi connectivity index (χ0) is 13.1. The Labute approximate surface area is 106 Å². The van der Waals surface area contributed by atoms with Gasteiger partial charge in [0.05, 0.1) is 0 Å². The van der Waals surface area contributed by atoms with Crippen molar-refractivity contribution in [1.82, 2.24) is 9.97 Å². The minimum atomic E-state index is -0.894. The molecule has 0 aromatic carbocycles. The van der Waals surface area contributed by atoms with E-state index in [2.05, 4.69) is 20.2 Å². The van der Waals surface area contributed by atoms with Crippen LogP contribution in [0.3, 0.4) is 0 Å². The Morgan fingerprint density at radius 2 is 2.11 bits per heavy atom. The summed E-state index contributed by atoms with van der Waals surface area (Å²) >= 11 is 0. The number of rotatable bonds is 4. The van der Waals surface area contributed by atoms with E-state index in [1.54, 1.807) is 6.92 Å². The van der Waals surface area contributed by atoms with E-state index in [1.807, 2.05) is 13.0 Å². The first kappa shape index (κ1) is 12.6. The maximum atomic E-state index is 10.8. The largest absolute Gasteiger partial charge is 0.480 e. The van der Waals surface area contributed by atoms with Crippen LogP contribution < -0.4 is 10.2 Å². The molecule has 2 heterocycles. The molecule has 2 rings (SSSR count). The number of aliphatic carboxylic acids is 1. The van der Waals surface area contributed by atoms with Crippen molar-refractivity contribution in [1.29, 1.82) is 0 Å². The number of nitrogens with one attached hydrogen (secondary N) is 1. The van der Waals surface area contributed by atoms with Crippen molar-refractivity contribution in [3.63, 3.8) is 0 Å². The molecule has 0 spiro atoms. The lowest BCUT2D eigenvalue weighted by Gasteiger charge is -2.18. The van der Waals surface area contributed by atoms with Crippen molar-refractivity contribution < 1.29 is 9.90 Å². The van der Waals surface area contributed by atoms with E-state index >= 15 is 0 Å². The van der Waals surface area contributed by atoms with Gasteiger partial charge in [-0.3, -0.25) is 4.79 Å². The van der Waals surface area contributed by atoms with Crippen LogP contribution in [0.1, 0.15) is 25.6 Å². The van der Waals surface area contributed by atoms with Crippen LogP contribution in [0.4, 0.5) is 11.6 Å². The molecule has 1 aromatic rings. The molecule has 6 heteroatoms.